The summed E-state index contributed by atoms with van der Waals surface area (Å²) >= 11 is 2.04. The topological polar surface area (TPSA) is 35.5 Å². The maximum absolute atomic E-state index is 10.6. The second kappa shape index (κ2) is 6.09. The van der Waals surface area contributed by atoms with Crippen molar-refractivity contribution in [3.05, 3.63) is 0 Å². The highest BCUT2D eigenvalue weighted by Gasteiger charge is 2.04. The summed E-state index contributed by atoms with van der Waals surface area (Å²) < 4.78 is 9.27. The smallest absolute Gasteiger partial charge is 0.432 e. The molecule has 0 spiro atoms. The average Bonchev–Trinajstić information content (AvgIpc) is 1.82. The Bertz CT molecular complexity index is 107. The largest absolute Gasteiger partial charge is 0.509 e. The van der Waals surface area contributed by atoms with E-state index in [2.05, 4.69) is 9.47 Å². The Kier molecular flexibility index (Phi) is 6.30. The molecular weight excluding hydrogens is 267 g/mol. The van der Waals surface area contributed by atoms with E-state index in [1.807, 2.05) is 21.2 Å². The molecule has 0 amide bonds. The molecule has 3 nitrogen and oxygen atoms in total. The molecule has 0 aromatic carbocycles. The minimum atomic E-state index is -0.598. The summed E-state index contributed by atoms with van der Waals surface area (Å²) in [7, 11) is 1.40. The Morgan fingerprint density at radius 3 is 2.70 bits per heavy atom. The van der Waals surface area contributed by atoms with Crippen molar-refractivity contribution >= 4 is 36.3 Å². The highest BCUT2D eigenvalue weighted by Crippen LogP contribution is 2.10. The van der Waals surface area contributed by atoms with Crippen LogP contribution >= 0.6 is 30.1 Å². The molecule has 0 aliphatic heterocycles. The Hall–Kier alpha value is 0.350. The lowest BCUT2D eigenvalue weighted by molar-refractivity contribution is 0.0463. The van der Waals surface area contributed by atoms with Gasteiger partial charge in [-0.05, 0) is 44.0 Å². The molecule has 60 valence electrons. The van der Waals surface area contributed by atoms with E-state index in [-0.39, 0.29) is 6.10 Å². The molecule has 0 radical (unpaired) electrons. The van der Waals surface area contributed by atoms with Crippen molar-refractivity contribution in [3.63, 3.8) is 0 Å². The minimum absolute atomic E-state index is 0.105. The van der Waals surface area contributed by atoms with Gasteiger partial charge in [0.05, 0.1) is 6.10 Å². The van der Waals surface area contributed by atoms with E-state index >= 15 is 0 Å². The molecule has 0 rings (SSSR count). The second-order valence-electron chi connectivity index (χ2n) is 1.79. The zero-order valence-electron chi connectivity index (χ0n) is 5.80. The number of carbonyl (C=O) groups excluding carboxylic acids is 1. The first-order valence-electron chi connectivity index (χ1n) is 2.73. The lowest BCUT2D eigenvalue weighted by Crippen LogP contribution is -2.12. The van der Waals surface area contributed by atoms with Gasteiger partial charge in [-0.3, -0.25) is 0 Å². The van der Waals surface area contributed by atoms with Gasteiger partial charge in [0.1, 0.15) is 5.94 Å². The van der Waals surface area contributed by atoms with E-state index in [0.717, 1.165) is 0 Å². The molecular formula is C5H9IO3S. The summed E-state index contributed by atoms with van der Waals surface area (Å²) in [6.07, 6.45) is -0.703. The molecule has 5 heteroatoms. The van der Waals surface area contributed by atoms with Gasteiger partial charge in [-0.15, -0.1) is 0 Å². The fourth-order valence-electron chi connectivity index (χ4n) is 0.297. The molecule has 0 fully saturated rings. The third-order valence-corrected chi connectivity index (χ3v) is 1.52. The zero-order chi connectivity index (χ0) is 7.98. The first-order chi connectivity index (χ1) is 4.66. The highest BCUT2D eigenvalue weighted by atomic mass is 127. The van der Waals surface area contributed by atoms with Crippen LogP contribution in [0.3, 0.4) is 0 Å². The Morgan fingerprint density at radius 2 is 2.30 bits per heavy atom. The average molecular weight is 276 g/mol. The van der Waals surface area contributed by atoms with Gasteiger partial charge in [-0.25, -0.2) is 4.79 Å². The predicted octanol–water partition coefficient (Wildman–Crippen LogP) is 2.59. The van der Waals surface area contributed by atoms with Crippen LogP contribution in [0.2, 0.25) is 0 Å². The van der Waals surface area contributed by atoms with Gasteiger partial charge in [0, 0.05) is 0 Å². The molecule has 0 saturated heterocycles. The van der Waals surface area contributed by atoms with E-state index in [9.17, 15) is 4.79 Å². The number of rotatable bonds is 3. The van der Waals surface area contributed by atoms with Crippen LogP contribution in [0.15, 0.2) is 0 Å². The number of hydrogen-bond donors (Lipinski definition) is 0. The van der Waals surface area contributed by atoms with E-state index < -0.39 is 6.16 Å². The fourth-order valence-corrected chi connectivity index (χ4v) is 0.819. The standard InChI is InChI=1S/C5H9IO3S/c1-4(2)9-5(7)8-3-10-6/h4H,3H2,1-2H3. The summed E-state index contributed by atoms with van der Waals surface area (Å²) in [4.78, 5) is 10.6. The van der Waals surface area contributed by atoms with Crippen molar-refractivity contribution in [1.82, 2.24) is 0 Å². The van der Waals surface area contributed by atoms with Crippen molar-refractivity contribution in [3.8, 4) is 0 Å². The van der Waals surface area contributed by atoms with E-state index in [4.69, 9.17) is 0 Å². The van der Waals surface area contributed by atoms with Crippen LogP contribution in [0.1, 0.15) is 13.8 Å². The third-order valence-electron chi connectivity index (χ3n) is 0.553. The lowest BCUT2D eigenvalue weighted by atomic mass is 10.5. The van der Waals surface area contributed by atoms with Crippen LogP contribution in [0.25, 0.3) is 0 Å². The van der Waals surface area contributed by atoms with E-state index in [1.54, 1.807) is 13.8 Å². The number of carbonyl (C=O) groups is 1. The summed E-state index contributed by atoms with van der Waals surface area (Å²) in [6.45, 7) is 3.55. The van der Waals surface area contributed by atoms with Crippen LogP contribution in [-0.2, 0) is 9.47 Å². The Labute approximate surface area is 76.4 Å². The maximum atomic E-state index is 10.6. The SMILES string of the molecule is CC(C)OC(=O)OCSI. The van der Waals surface area contributed by atoms with Crippen LogP contribution in [0.5, 0.6) is 0 Å². The van der Waals surface area contributed by atoms with Crippen LogP contribution in [0, 0.1) is 0 Å². The van der Waals surface area contributed by atoms with Crippen molar-refractivity contribution in [2.45, 2.75) is 20.0 Å². The molecule has 0 N–H and O–H groups in total. The maximum Gasteiger partial charge on any atom is 0.509 e. The molecule has 0 aromatic rings. The van der Waals surface area contributed by atoms with Gasteiger partial charge >= 0.3 is 6.16 Å². The Morgan fingerprint density at radius 1 is 1.70 bits per heavy atom. The molecule has 0 aromatic heterocycles. The molecule has 10 heavy (non-hydrogen) atoms. The van der Waals surface area contributed by atoms with Crippen molar-refractivity contribution < 1.29 is 14.3 Å². The van der Waals surface area contributed by atoms with E-state index in [0.29, 0.717) is 5.94 Å². The second-order valence-corrected chi connectivity index (χ2v) is 4.11. The monoisotopic (exact) mass is 276 g/mol. The van der Waals surface area contributed by atoms with Gasteiger partial charge in [-0.2, -0.15) is 0 Å². The van der Waals surface area contributed by atoms with E-state index in [1.165, 1.54) is 8.93 Å². The van der Waals surface area contributed by atoms with Gasteiger partial charge < -0.3 is 9.47 Å². The van der Waals surface area contributed by atoms with Crippen LogP contribution < -0.4 is 0 Å². The number of halogens is 1. The van der Waals surface area contributed by atoms with Crippen molar-refractivity contribution in [2.75, 3.05) is 5.94 Å². The van der Waals surface area contributed by atoms with Gasteiger partial charge in [0.2, 0.25) is 0 Å². The normalized spacial score (nSPS) is 9.60. The third kappa shape index (κ3) is 6.47. The summed E-state index contributed by atoms with van der Waals surface area (Å²) in [5.74, 6) is 0.339. The summed E-state index contributed by atoms with van der Waals surface area (Å²) in [5.41, 5.74) is 0. The molecule has 0 aliphatic rings. The number of ether oxygens (including phenoxy) is 2. The number of hydrogen-bond acceptors (Lipinski definition) is 4. The molecule has 0 saturated carbocycles. The van der Waals surface area contributed by atoms with Crippen LogP contribution in [0.4, 0.5) is 4.79 Å². The van der Waals surface area contributed by atoms with Gasteiger partial charge in [0.25, 0.3) is 0 Å². The van der Waals surface area contributed by atoms with Gasteiger partial charge in [0.15, 0.2) is 0 Å². The first-order valence-corrected chi connectivity index (χ1v) is 6.26. The molecule has 0 aliphatic carbocycles. The zero-order valence-corrected chi connectivity index (χ0v) is 8.77. The van der Waals surface area contributed by atoms with Crippen LogP contribution in [-0.4, -0.2) is 18.2 Å². The van der Waals surface area contributed by atoms with Crippen molar-refractivity contribution in [2.24, 2.45) is 0 Å². The summed E-state index contributed by atoms with van der Waals surface area (Å²) in [6, 6.07) is 0. The van der Waals surface area contributed by atoms with Crippen molar-refractivity contribution in [1.29, 1.82) is 0 Å². The molecule has 0 unspecified atom stereocenters. The molecule has 0 atom stereocenters. The fraction of sp³-hybridized carbons (Fsp3) is 0.800. The minimum Gasteiger partial charge on any atom is -0.432 e. The summed E-state index contributed by atoms with van der Waals surface area (Å²) in [5, 5.41) is 0. The molecule has 0 bridgehead atoms. The lowest BCUT2D eigenvalue weighted by Gasteiger charge is -2.06. The predicted molar refractivity (Wildman–Crippen MR) is 49.2 cm³/mol. The van der Waals surface area contributed by atoms with Gasteiger partial charge in [-0.1, -0.05) is 0 Å². The molecule has 0 heterocycles. The quantitative estimate of drug-likeness (QED) is 0.451. The Balaban J connectivity index is 3.26. The highest BCUT2D eigenvalue weighted by molar-refractivity contribution is 14.2. The first kappa shape index (κ1) is 10.3.